The Kier molecular flexibility index (Phi) is 6.35. The fourth-order valence-corrected chi connectivity index (χ4v) is 5.30. The molecule has 2 heterocycles. The van der Waals surface area contributed by atoms with Crippen molar-refractivity contribution in [2.45, 2.75) is 36.1 Å². The summed E-state index contributed by atoms with van der Waals surface area (Å²) in [6.07, 6.45) is 3.77. The summed E-state index contributed by atoms with van der Waals surface area (Å²) >= 11 is 1.00. The van der Waals surface area contributed by atoms with Gasteiger partial charge in [0.25, 0.3) is 5.91 Å². The minimum Gasteiger partial charge on any atom is -0.497 e. The van der Waals surface area contributed by atoms with Crippen LogP contribution in [0.5, 0.6) is 5.75 Å². The lowest BCUT2D eigenvalue weighted by Gasteiger charge is -2.41. The van der Waals surface area contributed by atoms with Crippen molar-refractivity contribution in [2.75, 3.05) is 32.3 Å². The SMILES string of the molecule is COOSc1nn(-c2ccc(OC)cc2)c2c1CCN(c1ccc(C3(CO)CCC3)cc1)C2=O. The summed E-state index contributed by atoms with van der Waals surface area (Å²) in [5.41, 5.74) is 3.93. The Morgan fingerprint density at radius 2 is 1.76 bits per heavy atom. The smallest absolute Gasteiger partial charge is 0.277 e. The first-order valence-electron chi connectivity index (χ1n) is 11.3. The number of hydrogen-bond acceptors (Lipinski definition) is 7. The number of ether oxygens (including phenoxy) is 1. The van der Waals surface area contributed by atoms with Gasteiger partial charge in [-0.3, -0.25) is 4.79 Å². The van der Waals surface area contributed by atoms with Crippen LogP contribution in [0.25, 0.3) is 5.69 Å². The van der Waals surface area contributed by atoms with Crippen molar-refractivity contribution in [3.63, 3.8) is 0 Å². The molecule has 1 saturated carbocycles. The quantitative estimate of drug-likeness (QED) is 0.295. The summed E-state index contributed by atoms with van der Waals surface area (Å²) in [7, 11) is 3.04. The van der Waals surface area contributed by atoms with Crippen LogP contribution in [-0.4, -0.2) is 48.2 Å². The molecule has 0 saturated heterocycles. The highest BCUT2D eigenvalue weighted by atomic mass is 32.2. The van der Waals surface area contributed by atoms with Crippen molar-refractivity contribution in [1.29, 1.82) is 0 Å². The van der Waals surface area contributed by atoms with E-state index in [0.717, 1.165) is 59.6 Å². The number of aliphatic hydroxyl groups excluding tert-OH is 1. The van der Waals surface area contributed by atoms with Crippen LogP contribution in [0.3, 0.4) is 0 Å². The predicted octanol–water partition coefficient (Wildman–Crippen LogP) is 4.08. The molecule has 1 amide bonds. The van der Waals surface area contributed by atoms with Crippen molar-refractivity contribution in [1.82, 2.24) is 9.78 Å². The molecule has 1 aliphatic carbocycles. The maximum Gasteiger partial charge on any atom is 0.277 e. The molecule has 0 atom stereocenters. The second-order valence-electron chi connectivity index (χ2n) is 8.61. The zero-order valence-electron chi connectivity index (χ0n) is 19.2. The molecule has 2 aliphatic rings. The van der Waals surface area contributed by atoms with Gasteiger partial charge in [-0.2, -0.15) is 9.43 Å². The number of aromatic nitrogens is 2. The number of fused-ring (bicyclic) bond motifs is 1. The topological polar surface area (TPSA) is 86.1 Å². The molecule has 34 heavy (non-hydrogen) atoms. The lowest BCUT2D eigenvalue weighted by molar-refractivity contribution is -0.160. The van der Waals surface area contributed by atoms with E-state index in [1.807, 2.05) is 48.5 Å². The van der Waals surface area contributed by atoms with Crippen LogP contribution in [-0.2, 0) is 21.1 Å². The first kappa shape index (κ1) is 22.9. The summed E-state index contributed by atoms with van der Waals surface area (Å²) in [6, 6.07) is 15.4. The van der Waals surface area contributed by atoms with Crippen molar-refractivity contribution in [3.05, 3.63) is 65.4 Å². The summed E-state index contributed by atoms with van der Waals surface area (Å²) in [4.78, 5) is 20.3. The number of nitrogens with zero attached hydrogens (tertiary/aromatic N) is 3. The predicted molar refractivity (Wildman–Crippen MR) is 129 cm³/mol. The van der Waals surface area contributed by atoms with Gasteiger partial charge >= 0.3 is 0 Å². The van der Waals surface area contributed by atoms with Crippen LogP contribution in [0, 0.1) is 0 Å². The summed E-state index contributed by atoms with van der Waals surface area (Å²) < 4.78 is 12.0. The van der Waals surface area contributed by atoms with Crippen LogP contribution in [0.1, 0.15) is 40.9 Å². The third-order valence-electron chi connectivity index (χ3n) is 6.88. The van der Waals surface area contributed by atoms with Gasteiger partial charge in [0.15, 0.2) is 5.03 Å². The highest BCUT2D eigenvalue weighted by Gasteiger charge is 2.38. The standard InChI is InChI=1S/C25H27N3O5S/c1-31-20-10-8-19(9-11-20)28-22-21(23(26-28)34-33-32-2)12-15-27(24(22)30)18-6-4-17(5-7-18)25(16-29)13-3-14-25/h4-11,29H,3,12-16H2,1-2H3. The maximum absolute atomic E-state index is 13.7. The van der Waals surface area contributed by atoms with E-state index in [4.69, 9.17) is 14.0 Å². The molecule has 0 spiro atoms. The van der Waals surface area contributed by atoms with E-state index in [1.54, 1.807) is 16.7 Å². The molecule has 0 radical (unpaired) electrons. The van der Waals surface area contributed by atoms with Crippen molar-refractivity contribution in [3.8, 4) is 11.4 Å². The van der Waals surface area contributed by atoms with Crippen LogP contribution >= 0.6 is 12.0 Å². The van der Waals surface area contributed by atoms with Crippen LogP contribution in [0.4, 0.5) is 5.69 Å². The van der Waals surface area contributed by atoms with Crippen LogP contribution in [0.15, 0.2) is 53.6 Å². The lowest BCUT2D eigenvalue weighted by atomic mass is 9.65. The van der Waals surface area contributed by atoms with Crippen molar-refractivity contribution >= 4 is 23.6 Å². The molecule has 8 nitrogen and oxygen atoms in total. The van der Waals surface area contributed by atoms with Crippen LogP contribution < -0.4 is 9.64 Å². The molecule has 1 N–H and O–H groups in total. The molecule has 1 fully saturated rings. The highest BCUT2D eigenvalue weighted by Crippen LogP contribution is 2.44. The van der Waals surface area contributed by atoms with E-state index >= 15 is 0 Å². The van der Waals surface area contributed by atoms with Gasteiger partial charge in [0.05, 0.1) is 38.6 Å². The first-order chi connectivity index (χ1) is 16.6. The van der Waals surface area contributed by atoms with Gasteiger partial charge < -0.3 is 14.7 Å². The Balaban J connectivity index is 1.49. The first-order valence-corrected chi connectivity index (χ1v) is 12.0. The summed E-state index contributed by atoms with van der Waals surface area (Å²) in [6.45, 7) is 0.689. The molecule has 9 heteroatoms. The van der Waals surface area contributed by atoms with E-state index in [-0.39, 0.29) is 17.9 Å². The molecule has 3 aromatic rings. The lowest BCUT2D eigenvalue weighted by Crippen LogP contribution is -2.39. The average Bonchev–Trinajstić information content (AvgIpc) is 3.23. The fraction of sp³-hybridized carbons (Fsp3) is 0.360. The molecule has 1 aliphatic heterocycles. The molecule has 178 valence electrons. The third-order valence-corrected chi connectivity index (χ3v) is 7.57. The highest BCUT2D eigenvalue weighted by molar-refractivity contribution is 7.94. The van der Waals surface area contributed by atoms with Crippen molar-refractivity contribution in [2.24, 2.45) is 0 Å². The van der Waals surface area contributed by atoms with Gasteiger partial charge in [0.2, 0.25) is 0 Å². The molecule has 0 unspecified atom stereocenters. The monoisotopic (exact) mass is 481 g/mol. The third kappa shape index (κ3) is 3.88. The largest absolute Gasteiger partial charge is 0.497 e. The maximum atomic E-state index is 13.7. The minimum atomic E-state index is -0.127. The van der Waals surface area contributed by atoms with E-state index in [0.29, 0.717) is 23.7 Å². The van der Waals surface area contributed by atoms with Gasteiger partial charge in [0, 0.05) is 23.2 Å². The van der Waals surface area contributed by atoms with Gasteiger partial charge in [-0.05, 0) is 61.2 Å². The number of hydrogen-bond donors (Lipinski definition) is 1. The summed E-state index contributed by atoms with van der Waals surface area (Å²) in [5, 5.41) is 15.2. The Bertz CT molecular complexity index is 1170. The van der Waals surface area contributed by atoms with Crippen LogP contribution in [0.2, 0.25) is 0 Å². The number of amides is 1. The zero-order chi connectivity index (χ0) is 23.7. The molecular weight excluding hydrogens is 454 g/mol. The van der Waals surface area contributed by atoms with Gasteiger partial charge in [0.1, 0.15) is 11.4 Å². The average molecular weight is 482 g/mol. The van der Waals surface area contributed by atoms with E-state index in [1.165, 1.54) is 7.11 Å². The van der Waals surface area contributed by atoms with Gasteiger partial charge in [-0.15, -0.1) is 0 Å². The van der Waals surface area contributed by atoms with E-state index in [9.17, 15) is 9.90 Å². The number of aliphatic hydroxyl groups is 1. The molecule has 1 aromatic heterocycles. The van der Waals surface area contributed by atoms with Crippen molar-refractivity contribution < 1.29 is 23.9 Å². The number of benzene rings is 2. The number of methoxy groups -OCH3 is 1. The fourth-order valence-electron chi connectivity index (χ4n) is 4.75. The molecular formula is C25H27N3O5S. The summed E-state index contributed by atoms with van der Waals surface area (Å²) in [5.74, 6) is 0.601. The number of rotatable bonds is 8. The molecule has 0 bridgehead atoms. The Hall–Kier alpha value is -2.85. The molecule has 2 aromatic carbocycles. The van der Waals surface area contributed by atoms with E-state index in [2.05, 4.69) is 5.10 Å². The van der Waals surface area contributed by atoms with E-state index < -0.39 is 0 Å². The Morgan fingerprint density at radius 3 is 2.35 bits per heavy atom. The minimum absolute atomic E-state index is 0.123. The number of carbonyl (C=O) groups is 1. The normalized spacial score (nSPS) is 16.8. The number of carbonyl (C=O) groups excluding carboxylic acids is 1. The second-order valence-corrected chi connectivity index (χ2v) is 9.30. The zero-order valence-corrected chi connectivity index (χ0v) is 20.0. The van der Waals surface area contributed by atoms with Gasteiger partial charge in [-0.1, -0.05) is 18.6 Å². The Morgan fingerprint density at radius 1 is 1.06 bits per heavy atom. The Labute approximate surface area is 202 Å². The molecule has 5 rings (SSSR count). The van der Waals surface area contributed by atoms with Gasteiger partial charge in [-0.25, -0.2) is 9.57 Å². The number of anilines is 1. The second kappa shape index (κ2) is 9.42.